The number of imide groups is 1. The fraction of sp³-hybridized carbons (Fsp3) is 0.471. The molecule has 2 rings (SSSR count). The molecule has 6 nitrogen and oxygen atoms in total. The molecule has 1 N–H and O–H groups in total. The van der Waals surface area contributed by atoms with Gasteiger partial charge in [-0.2, -0.15) is 11.8 Å². The molecule has 0 radical (unpaired) electrons. The molecule has 1 aliphatic rings. The summed E-state index contributed by atoms with van der Waals surface area (Å²) in [4.78, 5) is 38.8. The van der Waals surface area contributed by atoms with Gasteiger partial charge in [-0.3, -0.25) is 14.5 Å². The second-order valence-electron chi connectivity index (χ2n) is 6.30. The van der Waals surface area contributed by atoms with Crippen molar-refractivity contribution < 1.29 is 14.4 Å². The van der Waals surface area contributed by atoms with Crippen LogP contribution in [-0.2, 0) is 16.1 Å². The van der Waals surface area contributed by atoms with Crippen LogP contribution in [0.15, 0.2) is 30.3 Å². The number of amides is 4. The second-order valence-corrected chi connectivity index (χ2v) is 7.41. The van der Waals surface area contributed by atoms with Crippen LogP contribution >= 0.6 is 11.8 Å². The van der Waals surface area contributed by atoms with Gasteiger partial charge in [-0.05, 0) is 19.4 Å². The normalized spacial score (nSPS) is 16.2. The molecule has 4 amide bonds. The maximum absolute atomic E-state index is 12.1. The van der Waals surface area contributed by atoms with Crippen molar-refractivity contribution in [2.45, 2.75) is 25.9 Å². The van der Waals surface area contributed by atoms with Gasteiger partial charge in [0, 0.05) is 25.9 Å². The van der Waals surface area contributed by atoms with Crippen molar-refractivity contribution >= 4 is 29.6 Å². The van der Waals surface area contributed by atoms with Gasteiger partial charge in [-0.1, -0.05) is 30.3 Å². The minimum absolute atomic E-state index is 0.0291. The minimum Gasteiger partial charge on any atom is -0.341 e. The zero-order valence-electron chi connectivity index (χ0n) is 14.2. The van der Waals surface area contributed by atoms with Gasteiger partial charge in [-0.25, -0.2) is 4.79 Å². The molecule has 1 aromatic rings. The molecule has 1 fully saturated rings. The van der Waals surface area contributed by atoms with Crippen molar-refractivity contribution in [3.05, 3.63) is 35.9 Å². The van der Waals surface area contributed by atoms with Crippen molar-refractivity contribution in [2.75, 3.05) is 25.1 Å². The Morgan fingerprint density at radius 1 is 1.25 bits per heavy atom. The first-order valence-electron chi connectivity index (χ1n) is 7.81. The maximum Gasteiger partial charge on any atom is 0.325 e. The van der Waals surface area contributed by atoms with E-state index in [1.165, 1.54) is 16.7 Å². The van der Waals surface area contributed by atoms with E-state index in [9.17, 15) is 14.4 Å². The van der Waals surface area contributed by atoms with Gasteiger partial charge < -0.3 is 10.2 Å². The molecule has 0 unspecified atom stereocenters. The molecule has 0 atom stereocenters. The summed E-state index contributed by atoms with van der Waals surface area (Å²) in [5.41, 5.74) is 0.243. The Balaban J connectivity index is 1.71. The third-order valence-corrected chi connectivity index (χ3v) is 4.74. The minimum atomic E-state index is -0.840. The smallest absolute Gasteiger partial charge is 0.325 e. The first-order chi connectivity index (χ1) is 11.3. The summed E-state index contributed by atoms with van der Waals surface area (Å²) in [5, 5.41) is 2.64. The van der Waals surface area contributed by atoms with Crippen molar-refractivity contribution in [3.8, 4) is 0 Å². The quantitative estimate of drug-likeness (QED) is 0.601. The third-order valence-electron chi connectivity index (χ3n) is 3.82. The molecule has 0 saturated carbocycles. The zero-order chi connectivity index (χ0) is 17.7. The lowest BCUT2D eigenvalue weighted by Crippen LogP contribution is -2.40. The lowest BCUT2D eigenvalue weighted by atomic mass is 10.1. The molecule has 0 spiro atoms. The van der Waals surface area contributed by atoms with E-state index in [4.69, 9.17) is 0 Å². The average molecular weight is 349 g/mol. The Morgan fingerprint density at radius 3 is 2.50 bits per heavy atom. The fourth-order valence-electron chi connectivity index (χ4n) is 2.39. The maximum atomic E-state index is 12.1. The first kappa shape index (κ1) is 18.3. The fourth-order valence-corrected chi connectivity index (χ4v) is 3.24. The van der Waals surface area contributed by atoms with Crippen LogP contribution < -0.4 is 5.32 Å². The van der Waals surface area contributed by atoms with E-state index in [1.54, 1.807) is 25.8 Å². The molecular formula is C17H23N3O3S. The van der Waals surface area contributed by atoms with Crippen LogP contribution in [-0.4, -0.2) is 58.3 Å². The highest BCUT2D eigenvalue weighted by atomic mass is 32.2. The number of benzene rings is 1. The molecule has 130 valence electrons. The average Bonchev–Trinajstić information content (AvgIpc) is 2.73. The molecule has 1 aliphatic heterocycles. The second kappa shape index (κ2) is 7.70. The Kier molecular flexibility index (Phi) is 5.88. The molecule has 1 heterocycles. The summed E-state index contributed by atoms with van der Waals surface area (Å²) in [6.45, 7) is 4.25. The molecule has 1 aromatic carbocycles. The molecule has 0 aromatic heterocycles. The molecule has 1 saturated heterocycles. The van der Waals surface area contributed by atoms with Crippen molar-refractivity contribution in [1.29, 1.82) is 0 Å². The number of urea groups is 1. The molecule has 24 heavy (non-hydrogen) atoms. The summed E-state index contributed by atoms with van der Waals surface area (Å²) < 4.78 is 0. The largest absolute Gasteiger partial charge is 0.341 e. The lowest BCUT2D eigenvalue weighted by Gasteiger charge is -2.18. The van der Waals surface area contributed by atoms with Gasteiger partial charge in [-0.15, -0.1) is 0 Å². The van der Waals surface area contributed by atoms with E-state index in [0.717, 1.165) is 5.56 Å². The number of nitrogens with zero attached hydrogens (tertiary/aromatic N) is 2. The Hall–Kier alpha value is -2.02. The van der Waals surface area contributed by atoms with Crippen LogP contribution in [0.5, 0.6) is 0 Å². The van der Waals surface area contributed by atoms with Crippen molar-refractivity contribution in [3.63, 3.8) is 0 Å². The summed E-state index contributed by atoms with van der Waals surface area (Å²) >= 11 is 1.43. The predicted molar refractivity (Wildman–Crippen MR) is 94.6 cm³/mol. The lowest BCUT2D eigenvalue weighted by molar-refractivity contribution is -0.130. The number of rotatable bonds is 7. The first-order valence-corrected chi connectivity index (χ1v) is 8.96. The van der Waals surface area contributed by atoms with Crippen LogP contribution in [0, 0.1) is 0 Å². The molecule has 0 bridgehead atoms. The van der Waals surface area contributed by atoms with E-state index in [-0.39, 0.29) is 17.8 Å². The topological polar surface area (TPSA) is 69.7 Å². The van der Waals surface area contributed by atoms with E-state index < -0.39 is 5.54 Å². The molecular weight excluding hydrogens is 326 g/mol. The van der Waals surface area contributed by atoms with Crippen LogP contribution in [0.3, 0.4) is 0 Å². The van der Waals surface area contributed by atoms with Crippen molar-refractivity contribution in [2.24, 2.45) is 0 Å². The number of hydrogen-bond donors (Lipinski definition) is 1. The SMILES string of the molecule is CN(Cc1ccccc1)C(=O)CSCCN1C(=O)NC(C)(C)C1=O. The monoisotopic (exact) mass is 349 g/mol. The van der Waals surface area contributed by atoms with Crippen LogP contribution in [0.2, 0.25) is 0 Å². The van der Waals surface area contributed by atoms with Gasteiger partial charge in [0.15, 0.2) is 0 Å². The van der Waals surface area contributed by atoms with Gasteiger partial charge in [0.05, 0.1) is 5.75 Å². The predicted octanol–water partition coefficient (Wildman–Crippen LogP) is 1.71. The Bertz CT molecular complexity index is 619. The molecule has 0 aliphatic carbocycles. The van der Waals surface area contributed by atoms with E-state index in [0.29, 0.717) is 24.6 Å². The third kappa shape index (κ3) is 4.50. The zero-order valence-corrected chi connectivity index (χ0v) is 15.1. The van der Waals surface area contributed by atoms with Crippen molar-refractivity contribution in [1.82, 2.24) is 15.1 Å². The highest BCUT2D eigenvalue weighted by molar-refractivity contribution is 7.99. The number of nitrogens with one attached hydrogen (secondary N) is 1. The van der Waals surface area contributed by atoms with E-state index >= 15 is 0 Å². The van der Waals surface area contributed by atoms with E-state index in [1.807, 2.05) is 30.3 Å². The van der Waals surface area contributed by atoms with Gasteiger partial charge in [0.2, 0.25) is 5.91 Å². The highest BCUT2D eigenvalue weighted by Crippen LogP contribution is 2.17. The number of carbonyl (C=O) groups is 3. The van der Waals surface area contributed by atoms with Gasteiger partial charge in [0.25, 0.3) is 5.91 Å². The van der Waals surface area contributed by atoms with Crippen LogP contribution in [0.1, 0.15) is 19.4 Å². The van der Waals surface area contributed by atoms with Crippen LogP contribution in [0.25, 0.3) is 0 Å². The van der Waals surface area contributed by atoms with E-state index in [2.05, 4.69) is 5.32 Å². The Labute approximate surface area is 146 Å². The molecule has 7 heteroatoms. The van der Waals surface area contributed by atoms with Gasteiger partial charge >= 0.3 is 6.03 Å². The van der Waals surface area contributed by atoms with Crippen LogP contribution in [0.4, 0.5) is 4.79 Å². The number of thioether (sulfide) groups is 1. The summed E-state index contributed by atoms with van der Waals surface area (Å²) in [5.74, 6) is 0.679. The Morgan fingerprint density at radius 2 is 1.92 bits per heavy atom. The standard InChI is InChI=1S/C17H23N3O3S/c1-17(2)15(22)20(16(23)18-17)9-10-24-12-14(21)19(3)11-13-7-5-4-6-8-13/h4-8H,9-12H2,1-3H3,(H,18,23). The number of hydrogen-bond acceptors (Lipinski definition) is 4. The highest BCUT2D eigenvalue weighted by Gasteiger charge is 2.43. The van der Waals surface area contributed by atoms with Gasteiger partial charge in [0.1, 0.15) is 5.54 Å². The summed E-state index contributed by atoms with van der Waals surface area (Å²) in [6, 6.07) is 9.44. The summed E-state index contributed by atoms with van der Waals surface area (Å²) in [6.07, 6.45) is 0. The number of carbonyl (C=O) groups excluding carboxylic acids is 3. The summed E-state index contributed by atoms with van der Waals surface area (Å²) in [7, 11) is 1.77.